The van der Waals surface area contributed by atoms with Crippen molar-refractivity contribution in [1.29, 1.82) is 0 Å². The fourth-order valence-corrected chi connectivity index (χ4v) is 4.80. The summed E-state index contributed by atoms with van der Waals surface area (Å²) in [5, 5.41) is 9.13. The van der Waals surface area contributed by atoms with Gasteiger partial charge in [-0.1, -0.05) is 18.2 Å². The molecule has 1 aromatic carbocycles. The van der Waals surface area contributed by atoms with Gasteiger partial charge in [0.15, 0.2) is 0 Å². The van der Waals surface area contributed by atoms with Gasteiger partial charge in [0.1, 0.15) is 17.4 Å². The van der Waals surface area contributed by atoms with E-state index in [9.17, 15) is 9.59 Å². The van der Waals surface area contributed by atoms with Crippen molar-refractivity contribution in [3.05, 3.63) is 46.6 Å². The van der Waals surface area contributed by atoms with Crippen molar-refractivity contribution in [3.63, 3.8) is 0 Å². The molecule has 3 fully saturated rings. The van der Waals surface area contributed by atoms with Crippen LogP contribution in [0, 0.1) is 25.7 Å². The zero-order chi connectivity index (χ0) is 22.9. The van der Waals surface area contributed by atoms with Gasteiger partial charge in [0.25, 0.3) is 5.91 Å². The van der Waals surface area contributed by atoms with Crippen LogP contribution in [0.15, 0.2) is 24.4 Å². The van der Waals surface area contributed by atoms with Crippen LogP contribution in [0.4, 0.5) is 11.8 Å². The molecule has 5 rings (SSSR count). The second-order valence-electron chi connectivity index (χ2n) is 9.68. The second kappa shape index (κ2) is 9.00. The Bertz CT molecular complexity index is 1060. The van der Waals surface area contributed by atoms with Crippen LogP contribution in [0.1, 0.15) is 52.7 Å². The van der Waals surface area contributed by atoms with Gasteiger partial charge >= 0.3 is 0 Å². The van der Waals surface area contributed by atoms with E-state index in [-0.39, 0.29) is 11.8 Å². The van der Waals surface area contributed by atoms with Crippen LogP contribution < -0.4 is 20.9 Å². The Morgan fingerprint density at radius 3 is 2.79 bits per heavy atom. The first-order chi connectivity index (χ1) is 16.0. The molecule has 1 aromatic heterocycles. The van der Waals surface area contributed by atoms with E-state index in [1.807, 2.05) is 0 Å². The highest BCUT2D eigenvalue weighted by atomic mass is 16.2. The van der Waals surface area contributed by atoms with Crippen molar-refractivity contribution in [2.24, 2.45) is 11.8 Å². The second-order valence-corrected chi connectivity index (χ2v) is 9.68. The zero-order valence-electron chi connectivity index (χ0n) is 19.4. The normalized spacial score (nSPS) is 24.0. The van der Waals surface area contributed by atoms with E-state index in [0.717, 1.165) is 43.3 Å². The van der Waals surface area contributed by atoms with Crippen LogP contribution in [-0.4, -0.2) is 47.5 Å². The molecular weight excluding hydrogens is 416 g/mol. The number of hydrogen-bond donors (Lipinski definition) is 3. The number of carbonyl (C=O) groups is 2. The van der Waals surface area contributed by atoms with Gasteiger partial charge in [-0.2, -0.15) is 4.98 Å². The Labute approximate surface area is 194 Å². The Kier molecular flexibility index (Phi) is 5.91. The molecule has 33 heavy (non-hydrogen) atoms. The summed E-state index contributed by atoms with van der Waals surface area (Å²) in [5.41, 5.74) is 3.96. The highest BCUT2D eigenvalue weighted by Gasteiger charge is 2.46. The van der Waals surface area contributed by atoms with E-state index >= 15 is 0 Å². The minimum absolute atomic E-state index is 0.126. The van der Waals surface area contributed by atoms with Crippen LogP contribution >= 0.6 is 0 Å². The molecule has 174 valence electrons. The lowest BCUT2D eigenvalue weighted by molar-refractivity contribution is -0.122. The number of carbonyl (C=O) groups excluding carboxylic acids is 2. The molecule has 3 N–H and O–H groups in total. The van der Waals surface area contributed by atoms with Crippen molar-refractivity contribution in [1.82, 2.24) is 20.6 Å². The van der Waals surface area contributed by atoms with Gasteiger partial charge < -0.3 is 20.9 Å². The molecule has 1 saturated carbocycles. The summed E-state index contributed by atoms with van der Waals surface area (Å²) in [5.74, 6) is 2.24. The minimum Gasteiger partial charge on any atom is -0.365 e. The number of amides is 2. The maximum absolute atomic E-state index is 13.2. The van der Waals surface area contributed by atoms with E-state index in [2.05, 4.69) is 57.9 Å². The van der Waals surface area contributed by atoms with Crippen LogP contribution in [0.3, 0.4) is 0 Å². The Balaban J connectivity index is 1.37. The Morgan fingerprint density at radius 1 is 1.18 bits per heavy atom. The largest absolute Gasteiger partial charge is 0.365 e. The zero-order valence-corrected chi connectivity index (χ0v) is 19.4. The van der Waals surface area contributed by atoms with Gasteiger partial charge in [-0.15, -0.1) is 0 Å². The van der Waals surface area contributed by atoms with E-state index in [1.54, 1.807) is 6.20 Å². The number of piperidine rings is 1. The summed E-state index contributed by atoms with van der Waals surface area (Å²) in [6, 6.07) is 5.81. The van der Waals surface area contributed by atoms with Crippen molar-refractivity contribution < 1.29 is 9.59 Å². The first-order valence-electron chi connectivity index (χ1n) is 12.0. The van der Waals surface area contributed by atoms with Crippen molar-refractivity contribution in [3.8, 4) is 0 Å². The van der Waals surface area contributed by atoms with Crippen molar-refractivity contribution in [2.75, 3.05) is 29.9 Å². The fraction of sp³-hybridized carbons (Fsp3) is 0.520. The minimum atomic E-state index is -0.530. The molecule has 8 heteroatoms. The fourth-order valence-electron chi connectivity index (χ4n) is 4.80. The first kappa shape index (κ1) is 21.7. The van der Waals surface area contributed by atoms with Crippen LogP contribution in [0.2, 0.25) is 0 Å². The molecule has 8 nitrogen and oxygen atoms in total. The number of nitrogens with zero attached hydrogens (tertiary/aromatic N) is 3. The third-order valence-corrected chi connectivity index (χ3v) is 7.15. The molecule has 0 spiro atoms. The molecule has 1 aliphatic carbocycles. The van der Waals surface area contributed by atoms with E-state index in [1.165, 1.54) is 17.5 Å². The molecule has 3 aliphatic rings. The van der Waals surface area contributed by atoms with Crippen molar-refractivity contribution in [2.45, 2.75) is 52.1 Å². The summed E-state index contributed by atoms with van der Waals surface area (Å²) in [7, 11) is 0. The van der Waals surface area contributed by atoms with E-state index in [4.69, 9.17) is 4.98 Å². The summed E-state index contributed by atoms with van der Waals surface area (Å²) < 4.78 is 0. The van der Waals surface area contributed by atoms with Gasteiger partial charge in [-0.3, -0.25) is 9.59 Å². The molecule has 0 bridgehead atoms. The van der Waals surface area contributed by atoms with Crippen LogP contribution in [0.25, 0.3) is 0 Å². The Morgan fingerprint density at radius 2 is 2.00 bits per heavy atom. The molecule has 2 aliphatic heterocycles. The lowest BCUT2D eigenvalue weighted by Gasteiger charge is -2.21. The number of rotatable bonds is 6. The van der Waals surface area contributed by atoms with Crippen LogP contribution in [-0.2, 0) is 11.3 Å². The Hall–Kier alpha value is -3.16. The monoisotopic (exact) mass is 448 g/mol. The summed E-state index contributed by atoms with van der Waals surface area (Å²) in [6.45, 7) is 7.35. The predicted octanol–water partition coefficient (Wildman–Crippen LogP) is 2.56. The molecule has 2 unspecified atom stereocenters. The van der Waals surface area contributed by atoms with Gasteiger partial charge in [0, 0.05) is 32.4 Å². The van der Waals surface area contributed by atoms with Gasteiger partial charge in [0.2, 0.25) is 11.9 Å². The molecule has 2 amide bonds. The van der Waals surface area contributed by atoms with E-state index in [0.29, 0.717) is 36.8 Å². The first-order valence-corrected chi connectivity index (χ1v) is 12.0. The van der Waals surface area contributed by atoms with Crippen molar-refractivity contribution >= 4 is 23.6 Å². The van der Waals surface area contributed by atoms with Crippen LogP contribution in [0.5, 0.6) is 0 Å². The third-order valence-electron chi connectivity index (χ3n) is 7.15. The maximum Gasteiger partial charge on any atom is 0.257 e. The summed E-state index contributed by atoms with van der Waals surface area (Å²) in [4.78, 5) is 37.0. The number of benzene rings is 1. The van der Waals surface area contributed by atoms with Gasteiger partial charge in [0.05, 0.1) is 0 Å². The SMILES string of the molecule is Cc1ccc(CNc2nc(N3CC4CC4C3)ncc2C(=O)N[C@H]2CCCCNC2=O)cc1C. The number of aryl methyl sites for hydroxylation is 2. The number of aromatic nitrogens is 2. The maximum atomic E-state index is 13.2. The van der Waals surface area contributed by atoms with Gasteiger partial charge in [-0.25, -0.2) is 4.98 Å². The molecule has 0 radical (unpaired) electrons. The number of nitrogens with one attached hydrogen (secondary N) is 3. The molecule has 2 aromatic rings. The quantitative estimate of drug-likeness (QED) is 0.628. The number of hydrogen-bond acceptors (Lipinski definition) is 6. The molecule has 3 heterocycles. The van der Waals surface area contributed by atoms with Gasteiger partial charge in [-0.05, 0) is 68.1 Å². The summed E-state index contributed by atoms with van der Waals surface area (Å²) >= 11 is 0. The molecule has 2 saturated heterocycles. The lowest BCUT2D eigenvalue weighted by Crippen LogP contribution is -2.45. The topological polar surface area (TPSA) is 99.2 Å². The summed E-state index contributed by atoms with van der Waals surface area (Å²) in [6.07, 6.45) is 5.36. The average Bonchev–Trinajstić information content (AvgIpc) is 3.48. The molecular formula is C25H32N6O2. The number of anilines is 2. The predicted molar refractivity (Wildman–Crippen MR) is 127 cm³/mol. The molecule has 3 atom stereocenters. The standard InChI is InChI=1S/C25H32N6O2/c1-15-6-7-17(9-16(15)2)11-27-22-20(23(32)29-21-5-3-4-8-26-24(21)33)12-28-25(30-22)31-13-18-10-19(18)14-31/h6-7,9,12,18-19,21H,3-5,8,10-11,13-14H2,1-2H3,(H,26,33)(H,29,32)(H,27,28,30)/t18?,19?,21-/m0/s1. The highest BCUT2D eigenvalue weighted by Crippen LogP contribution is 2.45. The third kappa shape index (κ3) is 4.79. The smallest absolute Gasteiger partial charge is 0.257 e. The highest BCUT2D eigenvalue weighted by molar-refractivity contribution is 6.01. The van der Waals surface area contributed by atoms with E-state index < -0.39 is 6.04 Å². The number of fused-ring (bicyclic) bond motifs is 1. The lowest BCUT2D eigenvalue weighted by atomic mass is 10.1. The average molecular weight is 449 g/mol.